The third-order valence-corrected chi connectivity index (χ3v) is 2.77. The lowest BCUT2D eigenvalue weighted by Gasteiger charge is -2.05. The molecule has 2 rings (SSSR count). The van der Waals surface area contributed by atoms with Gasteiger partial charge in [-0.1, -0.05) is 54.6 Å². The largest absolute Gasteiger partial charge is 0.346 e. The highest BCUT2D eigenvalue weighted by Gasteiger charge is 2.03. The topological polar surface area (TPSA) is 33.5 Å². The zero-order valence-electron chi connectivity index (χ0n) is 10.5. The summed E-state index contributed by atoms with van der Waals surface area (Å²) in [6, 6.07) is 18.2. The van der Waals surface area contributed by atoms with E-state index in [0.717, 1.165) is 11.1 Å². The van der Waals surface area contributed by atoms with Gasteiger partial charge in [-0.05, 0) is 16.7 Å². The number of hydrogen-bond donors (Lipinski definition) is 1. The first-order valence-electron chi connectivity index (χ1n) is 6.04. The van der Waals surface area contributed by atoms with Crippen molar-refractivity contribution < 1.29 is 4.79 Å². The summed E-state index contributed by atoms with van der Waals surface area (Å²) in [5.74, 6) is -0.234. The molecular formula is C16H14N2O. The van der Waals surface area contributed by atoms with Crippen molar-refractivity contribution in [1.82, 2.24) is 5.32 Å². The maximum atomic E-state index is 11.2. The number of carbonyl (C=O) groups excluding carboxylic acids is 1. The first-order chi connectivity index (χ1) is 9.29. The van der Waals surface area contributed by atoms with Crippen LogP contribution in [0.15, 0.2) is 54.6 Å². The lowest BCUT2D eigenvalue weighted by molar-refractivity contribution is -0.119. The minimum absolute atomic E-state index is 0.109. The Labute approximate surface area is 112 Å². The van der Waals surface area contributed by atoms with Gasteiger partial charge in [0.05, 0.1) is 0 Å². The fourth-order valence-corrected chi connectivity index (χ4v) is 1.77. The van der Waals surface area contributed by atoms with E-state index in [9.17, 15) is 4.79 Å². The predicted molar refractivity (Wildman–Crippen MR) is 75.2 cm³/mol. The van der Waals surface area contributed by atoms with E-state index in [1.807, 2.05) is 42.5 Å². The Hall–Kier alpha value is -2.60. The van der Waals surface area contributed by atoms with E-state index in [1.165, 1.54) is 5.56 Å². The quantitative estimate of drug-likeness (QED) is 0.832. The highest BCUT2D eigenvalue weighted by molar-refractivity contribution is 5.79. The third-order valence-electron chi connectivity index (χ3n) is 2.77. The molecule has 0 aliphatic heterocycles. The molecule has 3 nitrogen and oxygen atoms in total. The van der Waals surface area contributed by atoms with Gasteiger partial charge in [0.15, 0.2) is 0 Å². The number of carbonyl (C=O) groups is 1. The SMILES string of the molecule is [C-]#[N+]CC(=O)NCc1ccc(-c2ccccc2)cc1. The van der Waals surface area contributed by atoms with Crippen molar-refractivity contribution in [2.75, 3.05) is 6.54 Å². The van der Waals surface area contributed by atoms with E-state index in [1.54, 1.807) is 0 Å². The van der Waals surface area contributed by atoms with Gasteiger partial charge >= 0.3 is 0 Å². The van der Waals surface area contributed by atoms with Gasteiger partial charge in [-0.25, -0.2) is 6.57 Å². The predicted octanol–water partition coefficient (Wildman–Crippen LogP) is 2.89. The number of nitrogens with zero attached hydrogens (tertiary/aromatic N) is 1. The van der Waals surface area contributed by atoms with E-state index >= 15 is 0 Å². The Balaban J connectivity index is 2.00. The van der Waals surface area contributed by atoms with Crippen molar-refractivity contribution >= 4 is 5.91 Å². The molecule has 0 bridgehead atoms. The second-order valence-corrected chi connectivity index (χ2v) is 4.16. The molecule has 0 spiro atoms. The Morgan fingerprint density at radius 3 is 2.26 bits per heavy atom. The van der Waals surface area contributed by atoms with Gasteiger partial charge in [0.25, 0.3) is 12.5 Å². The van der Waals surface area contributed by atoms with Gasteiger partial charge in [0.1, 0.15) is 0 Å². The van der Waals surface area contributed by atoms with Crippen LogP contribution in [-0.2, 0) is 11.3 Å². The van der Waals surface area contributed by atoms with E-state index in [-0.39, 0.29) is 12.5 Å². The number of benzene rings is 2. The third kappa shape index (κ3) is 3.68. The van der Waals surface area contributed by atoms with Crippen molar-refractivity contribution in [3.63, 3.8) is 0 Å². The average Bonchev–Trinajstić information content (AvgIpc) is 2.47. The molecule has 0 aliphatic carbocycles. The molecule has 0 radical (unpaired) electrons. The molecular weight excluding hydrogens is 236 g/mol. The normalized spacial score (nSPS) is 9.63. The fraction of sp³-hybridized carbons (Fsp3) is 0.125. The smallest absolute Gasteiger partial charge is 0.300 e. The zero-order valence-corrected chi connectivity index (χ0v) is 10.5. The van der Waals surface area contributed by atoms with Gasteiger partial charge in [-0.3, -0.25) is 4.79 Å². The van der Waals surface area contributed by atoms with E-state index < -0.39 is 0 Å². The Bertz CT molecular complexity index is 582. The lowest BCUT2D eigenvalue weighted by atomic mass is 10.0. The monoisotopic (exact) mass is 250 g/mol. The molecule has 19 heavy (non-hydrogen) atoms. The zero-order chi connectivity index (χ0) is 13.5. The van der Waals surface area contributed by atoms with Crippen LogP contribution in [0.4, 0.5) is 0 Å². The van der Waals surface area contributed by atoms with Gasteiger partial charge in [0, 0.05) is 6.54 Å². The minimum Gasteiger partial charge on any atom is -0.346 e. The molecule has 0 saturated heterocycles. The number of rotatable bonds is 4. The van der Waals surface area contributed by atoms with Crippen LogP contribution in [-0.4, -0.2) is 12.5 Å². The van der Waals surface area contributed by atoms with Gasteiger partial charge < -0.3 is 10.2 Å². The Kier molecular flexibility index (Phi) is 4.30. The molecule has 2 aromatic carbocycles. The Morgan fingerprint density at radius 2 is 1.63 bits per heavy atom. The average molecular weight is 250 g/mol. The van der Waals surface area contributed by atoms with Crippen LogP contribution in [0.25, 0.3) is 16.0 Å². The van der Waals surface area contributed by atoms with Crippen molar-refractivity contribution in [3.8, 4) is 11.1 Å². The molecule has 1 amide bonds. The second kappa shape index (κ2) is 6.36. The molecule has 0 aromatic heterocycles. The summed E-state index contributed by atoms with van der Waals surface area (Å²) in [6.45, 7) is 6.96. The van der Waals surface area contributed by atoms with Crippen LogP contribution >= 0.6 is 0 Å². The number of hydrogen-bond acceptors (Lipinski definition) is 1. The van der Waals surface area contributed by atoms with Crippen LogP contribution in [0.2, 0.25) is 0 Å². The maximum Gasteiger partial charge on any atom is 0.300 e. The van der Waals surface area contributed by atoms with Crippen molar-refractivity contribution in [3.05, 3.63) is 71.6 Å². The van der Waals surface area contributed by atoms with Crippen LogP contribution < -0.4 is 5.32 Å². The molecule has 0 unspecified atom stereocenters. The highest BCUT2D eigenvalue weighted by Crippen LogP contribution is 2.19. The van der Waals surface area contributed by atoms with Gasteiger partial charge in [0.2, 0.25) is 0 Å². The summed E-state index contributed by atoms with van der Waals surface area (Å²) in [5, 5.41) is 2.71. The van der Waals surface area contributed by atoms with Crippen molar-refractivity contribution in [1.29, 1.82) is 0 Å². The summed E-state index contributed by atoms with van der Waals surface area (Å²) in [5.41, 5.74) is 3.35. The first kappa shape index (κ1) is 12.8. The molecule has 2 aromatic rings. The van der Waals surface area contributed by atoms with Crippen LogP contribution in [0.3, 0.4) is 0 Å². The molecule has 0 atom stereocenters. The van der Waals surface area contributed by atoms with Crippen LogP contribution in [0, 0.1) is 6.57 Å². The summed E-state index contributed by atoms with van der Waals surface area (Å²) in [7, 11) is 0. The molecule has 0 aliphatic rings. The van der Waals surface area contributed by atoms with Crippen molar-refractivity contribution in [2.24, 2.45) is 0 Å². The second-order valence-electron chi connectivity index (χ2n) is 4.16. The van der Waals surface area contributed by atoms with Crippen LogP contribution in [0.1, 0.15) is 5.56 Å². The van der Waals surface area contributed by atoms with E-state index in [2.05, 4.69) is 22.3 Å². The van der Waals surface area contributed by atoms with E-state index in [4.69, 9.17) is 6.57 Å². The summed E-state index contributed by atoms with van der Waals surface area (Å²) in [6.07, 6.45) is 0. The fourth-order valence-electron chi connectivity index (χ4n) is 1.77. The van der Waals surface area contributed by atoms with E-state index in [0.29, 0.717) is 6.54 Å². The summed E-state index contributed by atoms with van der Waals surface area (Å²) < 4.78 is 0. The standard InChI is InChI=1S/C16H14N2O/c1-17-12-16(19)18-11-13-7-9-15(10-8-13)14-5-3-2-4-6-14/h2-10H,11-12H2,(H,18,19). The molecule has 1 N–H and O–H groups in total. The van der Waals surface area contributed by atoms with Gasteiger partial charge in [-0.15, -0.1) is 0 Å². The highest BCUT2D eigenvalue weighted by atomic mass is 16.1. The van der Waals surface area contributed by atoms with Crippen LogP contribution in [0.5, 0.6) is 0 Å². The van der Waals surface area contributed by atoms with Crippen molar-refractivity contribution in [2.45, 2.75) is 6.54 Å². The Morgan fingerprint density at radius 1 is 1.00 bits per heavy atom. The first-order valence-corrected chi connectivity index (χ1v) is 6.04. The summed E-state index contributed by atoms with van der Waals surface area (Å²) >= 11 is 0. The number of amides is 1. The maximum absolute atomic E-state index is 11.2. The molecule has 3 heteroatoms. The lowest BCUT2D eigenvalue weighted by Crippen LogP contribution is -2.24. The molecule has 0 heterocycles. The number of nitrogens with one attached hydrogen (secondary N) is 1. The molecule has 0 saturated carbocycles. The summed E-state index contributed by atoms with van der Waals surface area (Å²) in [4.78, 5) is 14.2. The molecule has 94 valence electrons. The molecule has 0 fully saturated rings. The minimum atomic E-state index is -0.234. The van der Waals surface area contributed by atoms with Gasteiger partial charge in [-0.2, -0.15) is 0 Å².